The quantitative estimate of drug-likeness (QED) is 0.222. The van der Waals surface area contributed by atoms with Crippen molar-refractivity contribution in [2.75, 3.05) is 0 Å². The lowest BCUT2D eigenvalue weighted by atomic mass is 10.0. The van der Waals surface area contributed by atoms with Crippen LogP contribution in [0.5, 0.6) is 0 Å². The summed E-state index contributed by atoms with van der Waals surface area (Å²) in [7, 11) is 0. The van der Waals surface area contributed by atoms with Crippen molar-refractivity contribution in [2.45, 2.75) is 0 Å². The molecule has 0 unspecified atom stereocenters. The molecule has 0 bridgehead atoms. The van der Waals surface area contributed by atoms with Crippen LogP contribution in [0.15, 0.2) is 133 Å². The van der Waals surface area contributed by atoms with Gasteiger partial charge < -0.3 is 0 Å². The van der Waals surface area contributed by atoms with E-state index in [1.54, 1.807) is 11.3 Å². The van der Waals surface area contributed by atoms with Gasteiger partial charge in [0.2, 0.25) is 0 Å². The summed E-state index contributed by atoms with van der Waals surface area (Å²) in [6.07, 6.45) is 0. The molecule has 0 aliphatic rings. The Morgan fingerprint density at radius 2 is 0.951 bits per heavy atom. The van der Waals surface area contributed by atoms with Gasteiger partial charge in [0.25, 0.3) is 0 Å². The number of fused-ring (bicyclic) bond motifs is 5. The fourth-order valence-electron chi connectivity index (χ4n) is 5.37. The summed E-state index contributed by atoms with van der Waals surface area (Å²) in [6.45, 7) is 0. The molecule has 8 rings (SSSR count). The lowest BCUT2D eigenvalue weighted by molar-refractivity contribution is 1.07. The molecule has 0 N–H and O–H groups in total. The van der Waals surface area contributed by atoms with Gasteiger partial charge in [-0.1, -0.05) is 115 Å². The zero-order chi connectivity index (χ0) is 27.2. The topological polar surface area (TPSA) is 51.6 Å². The maximum atomic E-state index is 5.19. The summed E-state index contributed by atoms with van der Waals surface area (Å²) >= 11 is 1.80. The molecule has 0 aliphatic carbocycles. The van der Waals surface area contributed by atoms with Gasteiger partial charge >= 0.3 is 0 Å². The van der Waals surface area contributed by atoms with E-state index >= 15 is 0 Å². The van der Waals surface area contributed by atoms with Gasteiger partial charge in [0.15, 0.2) is 17.5 Å². The molecule has 5 aromatic carbocycles. The van der Waals surface area contributed by atoms with Crippen LogP contribution in [0.2, 0.25) is 0 Å². The second kappa shape index (κ2) is 9.73. The van der Waals surface area contributed by atoms with Crippen LogP contribution in [0.1, 0.15) is 0 Å². The number of aromatic nitrogens is 4. The average molecular weight is 543 g/mol. The third-order valence-electron chi connectivity index (χ3n) is 7.31. The van der Waals surface area contributed by atoms with Crippen molar-refractivity contribution in [2.24, 2.45) is 0 Å². The molecule has 0 saturated carbocycles. The molecule has 4 nitrogen and oxygen atoms in total. The molecule has 0 aliphatic heterocycles. The second-order valence-electron chi connectivity index (χ2n) is 9.90. The van der Waals surface area contributed by atoms with E-state index in [9.17, 15) is 0 Å². The highest BCUT2D eigenvalue weighted by molar-refractivity contribution is 7.26. The first kappa shape index (κ1) is 23.6. The molecule has 192 valence electrons. The van der Waals surface area contributed by atoms with Crippen LogP contribution >= 0.6 is 11.3 Å². The number of pyridine rings is 1. The predicted molar refractivity (Wildman–Crippen MR) is 170 cm³/mol. The Hall–Kier alpha value is -5.26. The van der Waals surface area contributed by atoms with Crippen LogP contribution in [0, 0.1) is 0 Å². The molecule has 8 aromatic rings. The highest BCUT2D eigenvalue weighted by atomic mass is 32.1. The smallest absolute Gasteiger partial charge is 0.164 e. The van der Waals surface area contributed by atoms with Crippen molar-refractivity contribution in [3.05, 3.63) is 133 Å². The molecule has 0 radical (unpaired) electrons. The number of benzene rings is 5. The number of thiophene rings is 1. The van der Waals surface area contributed by atoms with E-state index in [1.165, 1.54) is 25.6 Å². The average Bonchev–Trinajstić information content (AvgIpc) is 3.45. The zero-order valence-corrected chi connectivity index (χ0v) is 22.7. The highest BCUT2D eigenvalue weighted by Crippen LogP contribution is 2.43. The number of para-hydroxylation sites is 1. The molecule has 5 heteroatoms. The third-order valence-corrected chi connectivity index (χ3v) is 8.49. The summed E-state index contributed by atoms with van der Waals surface area (Å²) in [5, 5.41) is 3.70. The Kier molecular flexibility index (Phi) is 5.61. The molecule has 41 heavy (non-hydrogen) atoms. The van der Waals surface area contributed by atoms with Crippen LogP contribution in [0.25, 0.3) is 76.5 Å². The molecule has 0 fully saturated rings. The van der Waals surface area contributed by atoms with Gasteiger partial charge in [0, 0.05) is 43.1 Å². The van der Waals surface area contributed by atoms with Crippen LogP contribution in [-0.4, -0.2) is 19.9 Å². The van der Waals surface area contributed by atoms with Crippen molar-refractivity contribution in [3.8, 4) is 45.4 Å². The number of rotatable bonds is 4. The van der Waals surface area contributed by atoms with Crippen molar-refractivity contribution in [1.82, 2.24) is 19.9 Å². The van der Waals surface area contributed by atoms with Crippen molar-refractivity contribution < 1.29 is 0 Å². The van der Waals surface area contributed by atoms with E-state index in [4.69, 9.17) is 19.9 Å². The van der Waals surface area contributed by atoms with Gasteiger partial charge in [-0.15, -0.1) is 11.3 Å². The van der Waals surface area contributed by atoms with Gasteiger partial charge in [-0.3, -0.25) is 0 Å². The van der Waals surface area contributed by atoms with Crippen molar-refractivity contribution >= 4 is 42.4 Å². The molecule has 3 heterocycles. The minimum absolute atomic E-state index is 0.632. The van der Waals surface area contributed by atoms with Crippen LogP contribution in [0.4, 0.5) is 0 Å². The van der Waals surface area contributed by atoms with E-state index in [2.05, 4.69) is 72.8 Å². The normalized spacial score (nSPS) is 11.4. The zero-order valence-electron chi connectivity index (χ0n) is 21.9. The summed E-state index contributed by atoms with van der Waals surface area (Å²) in [5.74, 6) is 1.93. The molecule has 3 aromatic heterocycles. The monoisotopic (exact) mass is 542 g/mol. The Balaban J connectivity index is 1.35. The minimum atomic E-state index is 0.632. The van der Waals surface area contributed by atoms with Gasteiger partial charge in [0.05, 0.1) is 15.9 Å². The fourth-order valence-corrected chi connectivity index (χ4v) is 6.60. The second-order valence-corrected chi connectivity index (χ2v) is 11.0. The van der Waals surface area contributed by atoms with E-state index in [0.29, 0.717) is 17.5 Å². The minimum Gasteiger partial charge on any atom is -0.246 e. The summed E-state index contributed by atoms with van der Waals surface area (Å²) < 4.78 is 2.45. The molecule has 0 atom stereocenters. The summed E-state index contributed by atoms with van der Waals surface area (Å²) in [6, 6.07) is 45.6. The number of hydrogen-bond donors (Lipinski definition) is 0. The first-order valence-electron chi connectivity index (χ1n) is 13.5. The molecule has 0 spiro atoms. The van der Waals surface area contributed by atoms with E-state index < -0.39 is 0 Å². The number of hydrogen-bond acceptors (Lipinski definition) is 5. The van der Waals surface area contributed by atoms with Crippen molar-refractivity contribution in [1.29, 1.82) is 0 Å². The van der Waals surface area contributed by atoms with Crippen LogP contribution in [0.3, 0.4) is 0 Å². The first-order valence-corrected chi connectivity index (χ1v) is 14.3. The van der Waals surface area contributed by atoms with E-state index in [0.717, 1.165) is 33.5 Å². The molecule has 0 saturated heterocycles. The van der Waals surface area contributed by atoms with Crippen LogP contribution in [-0.2, 0) is 0 Å². The summed E-state index contributed by atoms with van der Waals surface area (Å²) in [4.78, 5) is 19.9. The molecular weight excluding hydrogens is 520 g/mol. The van der Waals surface area contributed by atoms with Gasteiger partial charge in [-0.25, -0.2) is 19.9 Å². The Labute approximate surface area is 240 Å². The lowest BCUT2D eigenvalue weighted by Crippen LogP contribution is -2.00. The van der Waals surface area contributed by atoms with Gasteiger partial charge in [-0.05, 0) is 18.2 Å². The molecule has 0 amide bonds. The first-order chi connectivity index (χ1) is 20.3. The fraction of sp³-hybridized carbons (Fsp3) is 0. The molecular formula is C36H22N4S. The Bertz CT molecular complexity index is 2150. The predicted octanol–water partition coefficient (Wildman–Crippen LogP) is 9.46. The number of nitrogens with zero attached hydrogens (tertiary/aromatic N) is 4. The summed E-state index contributed by atoms with van der Waals surface area (Å²) in [5.41, 5.74) is 5.82. The van der Waals surface area contributed by atoms with Crippen molar-refractivity contribution in [3.63, 3.8) is 0 Å². The third kappa shape index (κ3) is 4.15. The lowest BCUT2D eigenvalue weighted by Gasteiger charge is -2.10. The van der Waals surface area contributed by atoms with Crippen LogP contribution < -0.4 is 0 Å². The SMILES string of the molecule is c1ccc(-c2nc(-c3ccccc3)nc(-c3cccc(-c4nc5ccccc5c5c4sc4ccccc45)c3)n2)cc1. The Morgan fingerprint density at radius 1 is 0.415 bits per heavy atom. The van der Waals surface area contributed by atoms with Gasteiger partial charge in [0.1, 0.15) is 0 Å². The van der Waals surface area contributed by atoms with E-state index in [1.807, 2.05) is 60.7 Å². The Morgan fingerprint density at radius 3 is 1.66 bits per heavy atom. The van der Waals surface area contributed by atoms with E-state index in [-0.39, 0.29) is 0 Å². The van der Waals surface area contributed by atoms with Gasteiger partial charge in [-0.2, -0.15) is 0 Å². The largest absolute Gasteiger partial charge is 0.246 e. The maximum absolute atomic E-state index is 5.19. The maximum Gasteiger partial charge on any atom is 0.164 e. The standard InChI is InChI=1S/C36H22N4S/c1-3-12-23(13-4-1)34-38-35(24-14-5-2-6-15-24)40-36(39-34)26-17-11-16-25(22-26)32-33-31(27-18-7-9-20-29(27)37-32)28-19-8-10-21-30(28)41-33/h1-22H. The highest BCUT2D eigenvalue weighted by Gasteiger charge is 2.17.